The molecule has 120 valence electrons. The van der Waals surface area contributed by atoms with Crippen LogP contribution in [0.5, 0.6) is 0 Å². The number of carbonyl (C=O) groups excluding carboxylic acids is 1. The third-order valence-corrected chi connectivity index (χ3v) is 4.07. The summed E-state index contributed by atoms with van der Waals surface area (Å²) in [7, 11) is 1.72. The molecule has 0 unspecified atom stereocenters. The van der Waals surface area contributed by atoms with E-state index in [1.54, 1.807) is 24.2 Å². The first-order valence-corrected chi connectivity index (χ1v) is 7.71. The summed E-state index contributed by atoms with van der Waals surface area (Å²) in [5.41, 5.74) is 1.39. The third-order valence-electron chi connectivity index (χ3n) is 4.07. The summed E-state index contributed by atoms with van der Waals surface area (Å²) < 4.78 is 19.2. The van der Waals surface area contributed by atoms with Crippen LogP contribution >= 0.6 is 0 Å². The predicted molar refractivity (Wildman–Crippen MR) is 84.2 cm³/mol. The standard InChI is InChI=1S/C18H19FN2O2/c1-21(18(22)16-9-5-11-23-16)17(15-8-2-3-10-20-15)13-6-4-7-14(19)12-13/h2-4,6-8,10,12,16-17H,5,9,11H2,1H3/t16-,17+/m1/s1. The van der Waals surface area contributed by atoms with Crippen molar-refractivity contribution in [2.45, 2.75) is 25.0 Å². The van der Waals surface area contributed by atoms with E-state index in [1.807, 2.05) is 24.3 Å². The molecule has 23 heavy (non-hydrogen) atoms. The fourth-order valence-corrected chi connectivity index (χ4v) is 2.93. The van der Waals surface area contributed by atoms with Gasteiger partial charge < -0.3 is 9.64 Å². The molecule has 2 heterocycles. The first-order valence-electron chi connectivity index (χ1n) is 7.71. The summed E-state index contributed by atoms with van der Waals surface area (Å²) in [5, 5.41) is 0. The molecule has 2 atom stereocenters. The lowest BCUT2D eigenvalue weighted by atomic mass is 10.0. The molecule has 0 bridgehead atoms. The van der Waals surface area contributed by atoms with Gasteiger partial charge in [-0.25, -0.2) is 4.39 Å². The lowest BCUT2D eigenvalue weighted by Gasteiger charge is -2.30. The molecule has 0 saturated carbocycles. The van der Waals surface area contributed by atoms with Gasteiger partial charge in [-0.2, -0.15) is 0 Å². The molecule has 1 aliphatic heterocycles. The van der Waals surface area contributed by atoms with E-state index in [0.717, 1.165) is 12.8 Å². The lowest BCUT2D eigenvalue weighted by molar-refractivity contribution is -0.141. The van der Waals surface area contributed by atoms with Gasteiger partial charge in [0.1, 0.15) is 11.9 Å². The van der Waals surface area contributed by atoms with Crippen molar-refractivity contribution < 1.29 is 13.9 Å². The average molecular weight is 314 g/mol. The Morgan fingerprint density at radius 2 is 2.22 bits per heavy atom. The monoisotopic (exact) mass is 314 g/mol. The summed E-state index contributed by atoms with van der Waals surface area (Å²) in [5.74, 6) is -0.427. The van der Waals surface area contributed by atoms with E-state index < -0.39 is 12.1 Å². The minimum atomic E-state index is -0.441. The van der Waals surface area contributed by atoms with Crippen LogP contribution in [-0.2, 0) is 9.53 Å². The smallest absolute Gasteiger partial charge is 0.252 e. The second-order valence-electron chi connectivity index (χ2n) is 5.66. The molecule has 1 fully saturated rings. The van der Waals surface area contributed by atoms with E-state index in [1.165, 1.54) is 12.1 Å². The second kappa shape index (κ2) is 6.87. The number of hydrogen-bond donors (Lipinski definition) is 0. The molecule has 0 aliphatic carbocycles. The van der Waals surface area contributed by atoms with Gasteiger partial charge in [-0.3, -0.25) is 9.78 Å². The van der Waals surface area contributed by atoms with E-state index in [-0.39, 0.29) is 11.7 Å². The van der Waals surface area contributed by atoms with Gasteiger partial charge in [0.05, 0.1) is 11.7 Å². The highest BCUT2D eigenvalue weighted by molar-refractivity contribution is 5.81. The highest BCUT2D eigenvalue weighted by atomic mass is 19.1. The first kappa shape index (κ1) is 15.6. The Morgan fingerprint density at radius 1 is 1.35 bits per heavy atom. The second-order valence-corrected chi connectivity index (χ2v) is 5.66. The Balaban J connectivity index is 1.96. The number of ether oxygens (including phenoxy) is 1. The summed E-state index contributed by atoms with van der Waals surface area (Å²) in [4.78, 5) is 18.7. The maximum absolute atomic E-state index is 13.7. The Labute approximate surface area is 134 Å². The van der Waals surface area contributed by atoms with Crippen molar-refractivity contribution in [2.75, 3.05) is 13.7 Å². The Kier molecular flexibility index (Phi) is 4.67. The molecule has 1 amide bonds. The van der Waals surface area contributed by atoms with E-state index in [0.29, 0.717) is 17.9 Å². The van der Waals surface area contributed by atoms with Crippen LogP contribution in [0.25, 0.3) is 0 Å². The summed E-state index contributed by atoms with van der Waals surface area (Å²) >= 11 is 0. The molecule has 0 spiro atoms. The number of pyridine rings is 1. The number of nitrogens with zero attached hydrogens (tertiary/aromatic N) is 2. The highest BCUT2D eigenvalue weighted by Gasteiger charge is 2.32. The van der Waals surface area contributed by atoms with E-state index in [9.17, 15) is 9.18 Å². The van der Waals surface area contributed by atoms with Crippen molar-refractivity contribution in [1.29, 1.82) is 0 Å². The van der Waals surface area contributed by atoms with Crippen molar-refractivity contribution in [3.63, 3.8) is 0 Å². The SMILES string of the molecule is CN(C(=O)[C@H]1CCCO1)[C@@H](c1cccc(F)c1)c1ccccn1. The van der Waals surface area contributed by atoms with Gasteiger partial charge in [-0.05, 0) is 42.7 Å². The summed E-state index contributed by atoms with van der Waals surface area (Å²) in [6, 6.07) is 11.4. The molecule has 5 heteroatoms. The third kappa shape index (κ3) is 3.40. The molecule has 2 aromatic rings. The van der Waals surface area contributed by atoms with Crippen molar-refractivity contribution in [3.05, 3.63) is 65.7 Å². The van der Waals surface area contributed by atoms with Crippen LogP contribution < -0.4 is 0 Å². The Hall–Kier alpha value is -2.27. The van der Waals surface area contributed by atoms with Crippen molar-refractivity contribution in [1.82, 2.24) is 9.88 Å². The minimum absolute atomic E-state index is 0.0950. The van der Waals surface area contributed by atoms with Crippen LogP contribution in [0.2, 0.25) is 0 Å². The maximum Gasteiger partial charge on any atom is 0.252 e. The Morgan fingerprint density at radius 3 is 2.87 bits per heavy atom. The fraction of sp³-hybridized carbons (Fsp3) is 0.333. The van der Waals surface area contributed by atoms with Crippen molar-refractivity contribution >= 4 is 5.91 Å². The fourth-order valence-electron chi connectivity index (χ4n) is 2.93. The largest absolute Gasteiger partial charge is 0.368 e. The number of likely N-dealkylation sites (N-methyl/N-ethyl adjacent to an activating group) is 1. The number of carbonyl (C=O) groups is 1. The molecular formula is C18H19FN2O2. The summed E-state index contributed by atoms with van der Waals surface area (Å²) in [6.45, 7) is 0.610. The molecule has 1 aromatic carbocycles. The molecule has 1 saturated heterocycles. The zero-order valence-electron chi connectivity index (χ0n) is 13.0. The van der Waals surface area contributed by atoms with E-state index in [2.05, 4.69) is 4.98 Å². The quantitative estimate of drug-likeness (QED) is 0.871. The predicted octanol–water partition coefficient (Wildman–Crippen LogP) is 2.95. The van der Waals surface area contributed by atoms with Crippen LogP contribution in [0.1, 0.15) is 30.1 Å². The number of rotatable bonds is 4. The van der Waals surface area contributed by atoms with Crippen molar-refractivity contribution in [2.24, 2.45) is 0 Å². The van der Waals surface area contributed by atoms with Crippen LogP contribution in [0.15, 0.2) is 48.7 Å². The maximum atomic E-state index is 13.7. The van der Waals surface area contributed by atoms with E-state index >= 15 is 0 Å². The summed E-state index contributed by atoms with van der Waals surface area (Å²) in [6.07, 6.45) is 2.87. The van der Waals surface area contributed by atoms with Gasteiger partial charge in [-0.1, -0.05) is 18.2 Å². The number of amides is 1. The number of benzene rings is 1. The first-order chi connectivity index (χ1) is 11.2. The molecule has 0 N–H and O–H groups in total. The van der Waals surface area contributed by atoms with Gasteiger partial charge in [-0.15, -0.1) is 0 Å². The molecule has 1 aromatic heterocycles. The van der Waals surface area contributed by atoms with Crippen LogP contribution in [0, 0.1) is 5.82 Å². The molecule has 4 nitrogen and oxygen atoms in total. The topological polar surface area (TPSA) is 42.4 Å². The zero-order chi connectivity index (χ0) is 16.2. The van der Waals surface area contributed by atoms with Crippen LogP contribution in [-0.4, -0.2) is 35.5 Å². The van der Waals surface area contributed by atoms with E-state index in [4.69, 9.17) is 4.74 Å². The van der Waals surface area contributed by atoms with Crippen LogP contribution in [0.3, 0.4) is 0 Å². The van der Waals surface area contributed by atoms with Gasteiger partial charge in [0.25, 0.3) is 5.91 Å². The Bertz CT molecular complexity index is 672. The van der Waals surface area contributed by atoms with Gasteiger partial charge in [0, 0.05) is 19.9 Å². The van der Waals surface area contributed by atoms with Crippen LogP contribution in [0.4, 0.5) is 4.39 Å². The zero-order valence-corrected chi connectivity index (χ0v) is 13.0. The molecular weight excluding hydrogens is 295 g/mol. The van der Waals surface area contributed by atoms with Gasteiger partial charge in [0.2, 0.25) is 0 Å². The minimum Gasteiger partial charge on any atom is -0.368 e. The molecule has 3 rings (SSSR count). The van der Waals surface area contributed by atoms with Gasteiger partial charge >= 0.3 is 0 Å². The number of hydrogen-bond acceptors (Lipinski definition) is 3. The normalized spacial score (nSPS) is 18.6. The van der Waals surface area contributed by atoms with Crippen molar-refractivity contribution in [3.8, 4) is 0 Å². The number of aromatic nitrogens is 1. The molecule has 0 radical (unpaired) electrons. The highest BCUT2D eigenvalue weighted by Crippen LogP contribution is 2.28. The average Bonchev–Trinajstić information content (AvgIpc) is 3.10. The number of halogens is 1. The lowest BCUT2D eigenvalue weighted by Crippen LogP contribution is -2.39. The van der Waals surface area contributed by atoms with Gasteiger partial charge in [0.15, 0.2) is 0 Å². The molecule has 1 aliphatic rings.